The Kier molecular flexibility index (Phi) is 22.6. The van der Waals surface area contributed by atoms with E-state index in [1.807, 2.05) is 30.3 Å². The molecule has 0 bridgehead atoms. The van der Waals surface area contributed by atoms with Crippen LogP contribution in [0.3, 0.4) is 0 Å². The van der Waals surface area contributed by atoms with E-state index in [1.54, 1.807) is 7.11 Å². The number of nitrogens with one attached hydrogen (secondary N) is 2. The average molecular weight is 647 g/mol. The molecule has 0 spiro atoms. The minimum Gasteiger partial charge on any atom is -0.382 e. The molecule has 12 heteroatoms. The number of ether oxygens (including phenoxy) is 6. The fourth-order valence-corrected chi connectivity index (χ4v) is 4.05. The number of amides is 2. The van der Waals surface area contributed by atoms with Crippen LogP contribution in [-0.4, -0.2) is 104 Å². The van der Waals surface area contributed by atoms with E-state index in [4.69, 9.17) is 33.3 Å². The summed E-state index contributed by atoms with van der Waals surface area (Å²) in [6, 6.07) is 18.3. The monoisotopic (exact) mass is 646 g/mol. The summed E-state index contributed by atoms with van der Waals surface area (Å²) >= 11 is 0. The van der Waals surface area contributed by atoms with E-state index in [0.717, 1.165) is 31.2 Å². The third kappa shape index (κ3) is 21.4. The van der Waals surface area contributed by atoms with Crippen molar-refractivity contribution in [3.8, 4) is 0 Å². The van der Waals surface area contributed by atoms with Crippen LogP contribution in [0, 0.1) is 0 Å². The van der Waals surface area contributed by atoms with Crippen LogP contribution in [-0.2, 0) is 66.9 Å². The number of carbonyl (C=O) groups is 3. The fraction of sp³-hybridized carbons (Fsp3) is 0.559. The molecule has 0 atom stereocenters. The largest absolute Gasteiger partial charge is 0.382 e. The molecule has 0 fully saturated rings. The molecule has 0 saturated carbocycles. The van der Waals surface area contributed by atoms with Crippen molar-refractivity contribution in [3.05, 3.63) is 71.3 Å². The number of aryl methyl sites for hydroxylation is 2. The van der Waals surface area contributed by atoms with Gasteiger partial charge >= 0.3 is 5.97 Å². The lowest BCUT2D eigenvalue weighted by Crippen LogP contribution is -2.33. The van der Waals surface area contributed by atoms with Crippen molar-refractivity contribution in [2.75, 3.05) is 86.3 Å². The van der Waals surface area contributed by atoms with Gasteiger partial charge in [-0.1, -0.05) is 54.6 Å². The zero-order chi connectivity index (χ0) is 32.9. The first kappa shape index (κ1) is 38.8. The van der Waals surface area contributed by atoms with Crippen LogP contribution in [0.15, 0.2) is 54.6 Å². The van der Waals surface area contributed by atoms with Gasteiger partial charge in [0.05, 0.1) is 78.9 Å². The van der Waals surface area contributed by atoms with Crippen LogP contribution in [0.4, 0.5) is 0 Å². The maximum atomic E-state index is 12.2. The molecular formula is C34H50N2O10. The summed E-state index contributed by atoms with van der Waals surface area (Å²) in [7, 11) is 1.63. The van der Waals surface area contributed by atoms with E-state index in [-0.39, 0.29) is 38.5 Å². The highest BCUT2D eigenvalue weighted by Crippen LogP contribution is 2.11. The van der Waals surface area contributed by atoms with Gasteiger partial charge in [0.1, 0.15) is 6.61 Å². The maximum Gasteiger partial charge on any atom is 0.334 e. The molecule has 2 aromatic carbocycles. The van der Waals surface area contributed by atoms with Crippen LogP contribution < -0.4 is 10.8 Å². The second-order valence-corrected chi connectivity index (χ2v) is 10.3. The summed E-state index contributed by atoms with van der Waals surface area (Å²) in [4.78, 5) is 40.7. The highest BCUT2D eigenvalue weighted by molar-refractivity contribution is 5.80. The molecule has 0 aliphatic carbocycles. The summed E-state index contributed by atoms with van der Waals surface area (Å²) in [6.07, 6.45) is 4.26. The van der Waals surface area contributed by atoms with E-state index in [0.29, 0.717) is 59.5 Å². The molecule has 0 radical (unpaired) electrons. The van der Waals surface area contributed by atoms with Gasteiger partial charge in [-0.15, -0.1) is 0 Å². The topological polar surface area (TPSA) is 140 Å². The predicted molar refractivity (Wildman–Crippen MR) is 171 cm³/mol. The minimum absolute atomic E-state index is 0.0576. The molecular weight excluding hydrogens is 596 g/mol. The van der Waals surface area contributed by atoms with Crippen LogP contribution >= 0.6 is 0 Å². The molecule has 12 nitrogen and oxygen atoms in total. The van der Waals surface area contributed by atoms with Crippen molar-refractivity contribution in [2.24, 2.45) is 0 Å². The first-order valence-corrected chi connectivity index (χ1v) is 15.8. The number of carbonyl (C=O) groups excluding carboxylic acids is 3. The Bertz CT molecular complexity index is 1070. The molecule has 0 saturated heterocycles. The minimum atomic E-state index is -0.658. The molecule has 0 aliphatic heterocycles. The van der Waals surface area contributed by atoms with Gasteiger partial charge in [0.2, 0.25) is 5.91 Å². The van der Waals surface area contributed by atoms with Crippen LogP contribution in [0.25, 0.3) is 0 Å². The Balaban J connectivity index is 1.37. The number of methoxy groups -OCH3 is 1. The molecule has 46 heavy (non-hydrogen) atoms. The number of unbranched alkanes of at least 4 members (excludes halogenated alkanes) is 1. The van der Waals surface area contributed by atoms with E-state index in [2.05, 4.69) is 35.1 Å². The molecule has 0 unspecified atom stereocenters. The zero-order valence-electron chi connectivity index (χ0n) is 27.0. The Morgan fingerprint density at radius 3 is 1.65 bits per heavy atom. The fourth-order valence-electron chi connectivity index (χ4n) is 4.05. The Labute approximate surface area is 272 Å². The van der Waals surface area contributed by atoms with Gasteiger partial charge in [-0.3, -0.25) is 9.59 Å². The highest BCUT2D eigenvalue weighted by atomic mass is 16.7. The average Bonchev–Trinajstić information content (AvgIpc) is 3.07. The van der Waals surface area contributed by atoms with Gasteiger partial charge in [-0.05, 0) is 42.4 Å². The van der Waals surface area contributed by atoms with Gasteiger partial charge in [0.15, 0.2) is 0 Å². The second kappa shape index (κ2) is 26.8. The van der Waals surface area contributed by atoms with Crippen molar-refractivity contribution in [1.29, 1.82) is 0 Å². The van der Waals surface area contributed by atoms with Crippen molar-refractivity contribution in [3.63, 3.8) is 0 Å². The standard InChI is InChI=1S/C34H50N2O10/c1-40-17-18-41-19-20-42-21-22-43-23-24-44-25-26-45-28-33(38)35-16-15-34(39)46-36-32(37)27-31-13-11-30(12-14-31)10-6-5-9-29-7-3-2-4-8-29/h2-4,7-8,11-14H,5-6,9-10,15-28H2,1H3,(H,35,38)(H,36,37). The quantitative estimate of drug-likeness (QED) is 0.110. The number of hydrogen-bond acceptors (Lipinski definition) is 10. The van der Waals surface area contributed by atoms with Gasteiger partial charge in [-0.25, -0.2) is 4.79 Å². The van der Waals surface area contributed by atoms with Crippen molar-refractivity contribution < 1.29 is 47.6 Å². The first-order chi connectivity index (χ1) is 22.6. The van der Waals surface area contributed by atoms with Crippen molar-refractivity contribution in [2.45, 2.75) is 38.5 Å². The predicted octanol–water partition coefficient (Wildman–Crippen LogP) is 2.60. The Hall–Kier alpha value is -3.39. The van der Waals surface area contributed by atoms with Gasteiger partial charge < -0.3 is 38.6 Å². The van der Waals surface area contributed by atoms with Gasteiger partial charge in [0.25, 0.3) is 5.91 Å². The summed E-state index contributed by atoms with van der Waals surface area (Å²) in [5.74, 6) is -1.46. The first-order valence-electron chi connectivity index (χ1n) is 15.8. The lowest BCUT2D eigenvalue weighted by atomic mass is 10.0. The summed E-state index contributed by atoms with van der Waals surface area (Å²) < 4.78 is 31.6. The van der Waals surface area contributed by atoms with Gasteiger partial charge in [-0.2, -0.15) is 5.48 Å². The number of rotatable bonds is 27. The molecule has 0 aliphatic rings. The van der Waals surface area contributed by atoms with Crippen LogP contribution in [0.2, 0.25) is 0 Å². The summed E-state index contributed by atoms with van der Waals surface area (Å²) in [5, 5.41) is 2.56. The highest BCUT2D eigenvalue weighted by Gasteiger charge is 2.09. The number of hydroxylamine groups is 1. The Morgan fingerprint density at radius 2 is 1.09 bits per heavy atom. The SMILES string of the molecule is COCCOCCOCCOCCOCCOCC(=O)NCCC(=O)ONC(=O)Cc1ccc(CCCCc2ccccc2)cc1. The van der Waals surface area contributed by atoms with Crippen LogP contribution in [0.5, 0.6) is 0 Å². The van der Waals surface area contributed by atoms with E-state index < -0.39 is 11.9 Å². The summed E-state index contributed by atoms with van der Waals surface area (Å²) in [5.41, 5.74) is 5.56. The molecule has 0 heterocycles. The molecule has 2 N–H and O–H groups in total. The maximum absolute atomic E-state index is 12.2. The van der Waals surface area contributed by atoms with Crippen molar-refractivity contribution in [1.82, 2.24) is 10.8 Å². The number of benzene rings is 2. The van der Waals surface area contributed by atoms with E-state index in [1.165, 1.54) is 11.1 Å². The molecule has 256 valence electrons. The normalized spacial score (nSPS) is 10.9. The van der Waals surface area contributed by atoms with Crippen molar-refractivity contribution >= 4 is 17.8 Å². The molecule has 2 aromatic rings. The number of hydrogen-bond donors (Lipinski definition) is 2. The second-order valence-electron chi connectivity index (χ2n) is 10.3. The third-order valence-electron chi connectivity index (χ3n) is 6.49. The van der Waals surface area contributed by atoms with Crippen LogP contribution in [0.1, 0.15) is 36.0 Å². The smallest absolute Gasteiger partial charge is 0.334 e. The Morgan fingerprint density at radius 1 is 0.587 bits per heavy atom. The lowest BCUT2D eigenvalue weighted by molar-refractivity contribution is -0.158. The molecule has 0 aromatic heterocycles. The molecule has 2 rings (SSSR count). The lowest BCUT2D eigenvalue weighted by Gasteiger charge is -2.09. The van der Waals surface area contributed by atoms with E-state index >= 15 is 0 Å². The molecule has 2 amide bonds. The van der Waals surface area contributed by atoms with E-state index in [9.17, 15) is 14.4 Å². The zero-order valence-corrected chi connectivity index (χ0v) is 27.0. The van der Waals surface area contributed by atoms with Gasteiger partial charge in [0, 0.05) is 13.7 Å². The third-order valence-corrected chi connectivity index (χ3v) is 6.49. The summed E-state index contributed by atoms with van der Waals surface area (Å²) in [6.45, 7) is 4.35.